The van der Waals surface area contributed by atoms with Crippen molar-refractivity contribution in [2.45, 2.75) is 0 Å². The van der Waals surface area contributed by atoms with Gasteiger partial charge in [0.25, 0.3) is 0 Å². The van der Waals surface area contributed by atoms with E-state index in [0.29, 0.717) is 24.3 Å². The van der Waals surface area contributed by atoms with E-state index in [1.165, 1.54) is 0 Å². The lowest BCUT2D eigenvalue weighted by Crippen LogP contribution is -2.35. The largest absolute Gasteiger partial charge is 0.788 e. The van der Waals surface area contributed by atoms with Crippen LogP contribution in [0, 0.1) is 34.9 Å². The zero-order valence-corrected chi connectivity index (χ0v) is 12.4. The van der Waals surface area contributed by atoms with Gasteiger partial charge in [-0.15, -0.1) is 0 Å². The standard InChI is InChI=1S/C14H10BF6NO3/c16-9-3-7(4-10(17)13(9)20)24-15(23-2-1-22)25-8-5-11(18)14(21)12(19)6-8/h3-6H,1-2,22H2. The average Bonchev–Trinajstić information content (AvgIpc) is 2.55. The fourth-order valence-corrected chi connectivity index (χ4v) is 1.68. The summed E-state index contributed by atoms with van der Waals surface area (Å²) in [5.41, 5.74) is 5.22. The summed E-state index contributed by atoms with van der Waals surface area (Å²) < 4.78 is 93.5. The van der Waals surface area contributed by atoms with Crippen LogP contribution in [0.5, 0.6) is 11.5 Å². The Morgan fingerprint density at radius 1 is 0.720 bits per heavy atom. The maximum Gasteiger partial charge on any atom is 0.788 e. The molecule has 11 heteroatoms. The van der Waals surface area contributed by atoms with Crippen molar-refractivity contribution in [3.63, 3.8) is 0 Å². The molecule has 0 aliphatic rings. The van der Waals surface area contributed by atoms with Crippen LogP contribution in [0.4, 0.5) is 26.3 Å². The molecule has 0 fully saturated rings. The maximum absolute atomic E-state index is 13.2. The Balaban J connectivity index is 2.21. The summed E-state index contributed by atoms with van der Waals surface area (Å²) in [6.07, 6.45) is 0. The Bertz CT molecular complexity index is 658. The van der Waals surface area contributed by atoms with Crippen LogP contribution in [0.15, 0.2) is 24.3 Å². The van der Waals surface area contributed by atoms with Crippen molar-refractivity contribution in [1.29, 1.82) is 0 Å². The molecule has 0 unspecified atom stereocenters. The van der Waals surface area contributed by atoms with Gasteiger partial charge in [0, 0.05) is 37.4 Å². The molecule has 0 aliphatic carbocycles. The van der Waals surface area contributed by atoms with Crippen molar-refractivity contribution in [2.24, 2.45) is 5.73 Å². The number of nitrogens with two attached hydrogens (primary N) is 1. The molecule has 2 N–H and O–H groups in total. The van der Waals surface area contributed by atoms with Crippen LogP contribution >= 0.6 is 0 Å². The van der Waals surface area contributed by atoms with Gasteiger partial charge in [-0.2, -0.15) is 0 Å². The fourth-order valence-electron chi connectivity index (χ4n) is 1.68. The lowest BCUT2D eigenvalue weighted by Gasteiger charge is -2.16. The van der Waals surface area contributed by atoms with Crippen LogP contribution in [-0.4, -0.2) is 20.5 Å². The smallest absolute Gasteiger partial charge is 0.501 e. The molecule has 0 amide bonds. The monoisotopic (exact) mass is 365 g/mol. The van der Waals surface area contributed by atoms with E-state index >= 15 is 0 Å². The van der Waals surface area contributed by atoms with Crippen molar-refractivity contribution in [3.05, 3.63) is 59.2 Å². The molecule has 0 aromatic heterocycles. The second-order valence-electron chi connectivity index (χ2n) is 4.59. The van der Waals surface area contributed by atoms with Crippen molar-refractivity contribution in [2.75, 3.05) is 13.2 Å². The van der Waals surface area contributed by atoms with Crippen molar-refractivity contribution >= 4 is 7.32 Å². The maximum atomic E-state index is 13.2. The van der Waals surface area contributed by atoms with Gasteiger partial charge >= 0.3 is 7.32 Å². The second kappa shape index (κ2) is 8.12. The predicted octanol–water partition coefficient (Wildman–Crippen LogP) is 2.94. The van der Waals surface area contributed by atoms with Crippen molar-refractivity contribution in [3.8, 4) is 11.5 Å². The second-order valence-corrected chi connectivity index (χ2v) is 4.59. The van der Waals surface area contributed by atoms with E-state index in [9.17, 15) is 26.3 Å². The summed E-state index contributed by atoms with van der Waals surface area (Å²) in [4.78, 5) is 0. The zero-order chi connectivity index (χ0) is 18.6. The molecule has 2 aromatic carbocycles. The van der Waals surface area contributed by atoms with Gasteiger partial charge in [0.1, 0.15) is 11.5 Å². The first kappa shape index (κ1) is 18.9. The average molecular weight is 365 g/mol. The van der Waals surface area contributed by atoms with Crippen LogP contribution in [0.25, 0.3) is 0 Å². The third-order valence-electron chi connectivity index (χ3n) is 2.75. The molecule has 2 rings (SSSR count). The van der Waals surface area contributed by atoms with Gasteiger partial charge in [-0.1, -0.05) is 0 Å². The molecule has 0 saturated carbocycles. The third-order valence-corrected chi connectivity index (χ3v) is 2.75. The molecule has 0 spiro atoms. The Morgan fingerprint density at radius 3 is 1.40 bits per heavy atom. The number of halogens is 6. The first-order chi connectivity index (χ1) is 11.8. The molecule has 0 radical (unpaired) electrons. The first-order valence-electron chi connectivity index (χ1n) is 6.76. The van der Waals surface area contributed by atoms with E-state index in [0.717, 1.165) is 0 Å². The lowest BCUT2D eigenvalue weighted by molar-refractivity contribution is 0.205. The number of benzene rings is 2. The van der Waals surface area contributed by atoms with E-state index in [4.69, 9.17) is 19.7 Å². The van der Waals surface area contributed by atoms with Crippen LogP contribution < -0.4 is 15.0 Å². The zero-order valence-electron chi connectivity index (χ0n) is 12.4. The molecule has 2 aromatic rings. The van der Waals surface area contributed by atoms with Gasteiger partial charge < -0.3 is 19.7 Å². The lowest BCUT2D eigenvalue weighted by atomic mass is 10.2. The van der Waals surface area contributed by atoms with Crippen molar-refractivity contribution in [1.82, 2.24) is 0 Å². The molecule has 0 saturated heterocycles. The first-order valence-corrected chi connectivity index (χ1v) is 6.76. The molecular weight excluding hydrogens is 355 g/mol. The fraction of sp³-hybridized carbons (Fsp3) is 0.143. The van der Waals surface area contributed by atoms with Gasteiger partial charge in [0.15, 0.2) is 34.9 Å². The van der Waals surface area contributed by atoms with Gasteiger partial charge in [-0.05, 0) is 0 Å². The predicted molar refractivity (Wildman–Crippen MR) is 74.6 cm³/mol. The topological polar surface area (TPSA) is 53.7 Å². The SMILES string of the molecule is NCCOB(Oc1cc(F)c(F)c(F)c1)Oc1cc(F)c(F)c(F)c1. The summed E-state index contributed by atoms with van der Waals surface area (Å²) >= 11 is 0. The van der Waals surface area contributed by atoms with Gasteiger partial charge in [-0.3, -0.25) is 0 Å². The summed E-state index contributed by atoms with van der Waals surface area (Å²) in [7, 11) is -1.75. The Labute approximate surface area is 138 Å². The summed E-state index contributed by atoms with van der Waals surface area (Å²) in [5.74, 6) is -10.6. The van der Waals surface area contributed by atoms with E-state index in [1.54, 1.807) is 0 Å². The van der Waals surface area contributed by atoms with Crippen LogP contribution in [0.1, 0.15) is 0 Å². The molecule has 0 bridgehead atoms. The molecule has 4 nitrogen and oxygen atoms in total. The minimum absolute atomic E-state index is 0.0124. The van der Waals surface area contributed by atoms with Gasteiger partial charge in [-0.25, -0.2) is 26.3 Å². The number of rotatable bonds is 7. The highest BCUT2D eigenvalue weighted by Crippen LogP contribution is 2.23. The summed E-state index contributed by atoms with van der Waals surface area (Å²) in [6, 6.07) is 2.03. The number of hydrogen-bond donors (Lipinski definition) is 1. The Kier molecular flexibility index (Phi) is 6.15. The van der Waals surface area contributed by atoms with Crippen LogP contribution in [-0.2, 0) is 4.65 Å². The molecule has 134 valence electrons. The van der Waals surface area contributed by atoms with E-state index < -0.39 is 53.7 Å². The highest BCUT2D eigenvalue weighted by Gasteiger charge is 2.29. The summed E-state index contributed by atoms with van der Waals surface area (Å²) in [6.45, 7) is -0.176. The molecular formula is C14H10BF6NO3. The minimum Gasteiger partial charge on any atom is -0.501 e. The molecule has 0 aliphatic heterocycles. The van der Waals surface area contributed by atoms with E-state index in [2.05, 4.69) is 0 Å². The number of hydrogen-bond acceptors (Lipinski definition) is 4. The highest BCUT2D eigenvalue weighted by molar-refractivity contribution is 6.38. The Hall–Kier alpha value is -2.40. The van der Waals surface area contributed by atoms with Gasteiger partial charge in [0.05, 0.1) is 0 Å². The molecule has 0 atom stereocenters. The molecule has 0 heterocycles. The van der Waals surface area contributed by atoms with E-state index in [-0.39, 0.29) is 13.2 Å². The van der Waals surface area contributed by atoms with Crippen LogP contribution in [0.2, 0.25) is 0 Å². The normalized spacial score (nSPS) is 10.7. The Morgan fingerprint density at radius 2 is 1.08 bits per heavy atom. The van der Waals surface area contributed by atoms with Crippen molar-refractivity contribution < 1.29 is 40.3 Å². The van der Waals surface area contributed by atoms with Crippen LogP contribution in [0.3, 0.4) is 0 Å². The van der Waals surface area contributed by atoms with Gasteiger partial charge in [0.2, 0.25) is 0 Å². The third kappa shape index (κ3) is 4.80. The highest BCUT2D eigenvalue weighted by atomic mass is 19.2. The summed E-state index contributed by atoms with van der Waals surface area (Å²) in [5, 5.41) is 0. The quantitative estimate of drug-likeness (QED) is 0.466. The minimum atomic E-state index is -1.75. The molecule has 25 heavy (non-hydrogen) atoms. The van der Waals surface area contributed by atoms with E-state index in [1.807, 2.05) is 0 Å².